The number of nitrogens with zero attached hydrogens (tertiary/aromatic N) is 1. The van der Waals surface area contributed by atoms with E-state index in [0.717, 1.165) is 39.3 Å². The van der Waals surface area contributed by atoms with Crippen molar-refractivity contribution in [1.82, 2.24) is 10.2 Å². The van der Waals surface area contributed by atoms with E-state index in [9.17, 15) is 4.79 Å². The lowest BCUT2D eigenvalue weighted by Crippen LogP contribution is -2.41. The van der Waals surface area contributed by atoms with Crippen LogP contribution in [0.1, 0.15) is 26.2 Å². The fraction of sp³-hybridized carbons (Fsp3) is 0.923. The first-order valence-corrected chi connectivity index (χ1v) is 6.95. The number of hydrogen-bond acceptors (Lipinski definition) is 4. The van der Waals surface area contributed by atoms with Crippen molar-refractivity contribution in [2.45, 2.75) is 26.2 Å². The van der Waals surface area contributed by atoms with Crippen LogP contribution >= 0.6 is 0 Å². The van der Waals surface area contributed by atoms with Crippen LogP contribution in [0.3, 0.4) is 0 Å². The van der Waals surface area contributed by atoms with Gasteiger partial charge < -0.3 is 20.1 Å². The minimum Gasteiger partial charge on any atom is -0.480 e. The standard InChI is InChI=1S/C13H26N2O3/c1-2-18-8-4-7-15-6-3-5-12(11-15)9-14-10-13(16)17/h12,14H,2-11H2,1H3,(H,16,17). The highest BCUT2D eigenvalue weighted by Crippen LogP contribution is 2.15. The highest BCUT2D eigenvalue weighted by atomic mass is 16.5. The molecule has 0 saturated carbocycles. The van der Waals surface area contributed by atoms with Crippen molar-refractivity contribution in [3.05, 3.63) is 0 Å². The molecule has 0 radical (unpaired) electrons. The van der Waals surface area contributed by atoms with Gasteiger partial charge in [0.05, 0.1) is 6.54 Å². The Morgan fingerprint density at radius 3 is 3.11 bits per heavy atom. The number of carboxylic acids is 1. The van der Waals surface area contributed by atoms with Gasteiger partial charge >= 0.3 is 5.97 Å². The van der Waals surface area contributed by atoms with E-state index >= 15 is 0 Å². The summed E-state index contributed by atoms with van der Waals surface area (Å²) in [6.45, 7) is 7.88. The number of hydrogen-bond donors (Lipinski definition) is 2. The smallest absolute Gasteiger partial charge is 0.317 e. The van der Waals surface area contributed by atoms with E-state index in [1.165, 1.54) is 19.4 Å². The Kier molecular flexibility index (Phi) is 7.96. The highest BCUT2D eigenvalue weighted by Gasteiger charge is 2.19. The first kappa shape index (κ1) is 15.4. The molecule has 0 spiro atoms. The minimum atomic E-state index is -0.778. The Morgan fingerprint density at radius 1 is 1.56 bits per heavy atom. The van der Waals surface area contributed by atoms with Crippen molar-refractivity contribution in [3.8, 4) is 0 Å². The van der Waals surface area contributed by atoms with Gasteiger partial charge in [-0.3, -0.25) is 4.79 Å². The first-order chi connectivity index (χ1) is 8.72. The van der Waals surface area contributed by atoms with Gasteiger partial charge in [0.25, 0.3) is 0 Å². The summed E-state index contributed by atoms with van der Waals surface area (Å²) in [6.07, 6.45) is 3.51. The van der Waals surface area contributed by atoms with Crippen molar-refractivity contribution < 1.29 is 14.6 Å². The number of carboxylic acid groups (broad SMARTS) is 1. The molecule has 2 N–H and O–H groups in total. The maximum absolute atomic E-state index is 10.4. The van der Waals surface area contributed by atoms with Gasteiger partial charge in [0.15, 0.2) is 0 Å². The molecule has 5 heteroatoms. The summed E-state index contributed by atoms with van der Waals surface area (Å²) in [6, 6.07) is 0. The van der Waals surface area contributed by atoms with Crippen LogP contribution in [0.2, 0.25) is 0 Å². The third kappa shape index (κ3) is 6.93. The maximum Gasteiger partial charge on any atom is 0.317 e. The Hall–Kier alpha value is -0.650. The van der Waals surface area contributed by atoms with Gasteiger partial charge in [-0.15, -0.1) is 0 Å². The summed E-state index contributed by atoms with van der Waals surface area (Å²) in [5, 5.41) is 11.6. The van der Waals surface area contributed by atoms with Crippen molar-refractivity contribution in [1.29, 1.82) is 0 Å². The average molecular weight is 258 g/mol. The Morgan fingerprint density at radius 2 is 2.39 bits per heavy atom. The van der Waals surface area contributed by atoms with Crippen molar-refractivity contribution in [3.63, 3.8) is 0 Å². The summed E-state index contributed by atoms with van der Waals surface area (Å²) < 4.78 is 5.34. The third-order valence-corrected chi connectivity index (χ3v) is 3.28. The first-order valence-electron chi connectivity index (χ1n) is 6.95. The number of carbonyl (C=O) groups is 1. The molecular formula is C13H26N2O3. The van der Waals surface area contributed by atoms with Crippen LogP contribution in [-0.2, 0) is 9.53 Å². The van der Waals surface area contributed by atoms with Gasteiger partial charge in [0, 0.05) is 26.3 Å². The fourth-order valence-corrected chi connectivity index (χ4v) is 2.44. The zero-order chi connectivity index (χ0) is 13.2. The van der Waals surface area contributed by atoms with Crippen LogP contribution in [0, 0.1) is 5.92 Å². The van der Waals surface area contributed by atoms with Crippen LogP contribution in [0.15, 0.2) is 0 Å². The monoisotopic (exact) mass is 258 g/mol. The summed E-state index contributed by atoms with van der Waals surface area (Å²) >= 11 is 0. The van der Waals surface area contributed by atoms with Gasteiger partial charge in [-0.2, -0.15) is 0 Å². The Balaban J connectivity index is 2.09. The minimum absolute atomic E-state index is 0.0703. The van der Waals surface area contributed by atoms with Gasteiger partial charge in [-0.05, 0) is 45.2 Å². The number of piperidine rings is 1. The van der Waals surface area contributed by atoms with Gasteiger partial charge in [0.2, 0.25) is 0 Å². The zero-order valence-electron chi connectivity index (χ0n) is 11.4. The number of ether oxygens (including phenoxy) is 1. The Labute approximate surface area is 109 Å². The van der Waals surface area contributed by atoms with Crippen LogP contribution < -0.4 is 5.32 Å². The fourth-order valence-electron chi connectivity index (χ4n) is 2.44. The van der Waals surface area contributed by atoms with Crippen molar-refractivity contribution in [2.24, 2.45) is 5.92 Å². The van der Waals surface area contributed by atoms with Crippen LogP contribution in [-0.4, -0.2) is 61.9 Å². The molecule has 1 saturated heterocycles. The average Bonchev–Trinajstić information content (AvgIpc) is 2.35. The van der Waals surface area contributed by atoms with E-state index in [0.29, 0.717) is 5.92 Å². The number of likely N-dealkylation sites (tertiary alicyclic amines) is 1. The molecule has 1 aliphatic heterocycles. The van der Waals surface area contributed by atoms with Crippen LogP contribution in [0.25, 0.3) is 0 Å². The molecule has 1 unspecified atom stereocenters. The molecule has 1 heterocycles. The van der Waals surface area contributed by atoms with Crippen molar-refractivity contribution in [2.75, 3.05) is 45.9 Å². The summed E-state index contributed by atoms with van der Waals surface area (Å²) in [4.78, 5) is 12.9. The lowest BCUT2D eigenvalue weighted by atomic mass is 9.98. The molecule has 5 nitrogen and oxygen atoms in total. The summed E-state index contributed by atoms with van der Waals surface area (Å²) in [5.41, 5.74) is 0. The molecule has 0 aromatic heterocycles. The molecule has 1 atom stereocenters. The molecule has 18 heavy (non-hydrogen) atoms. The summed E-state index contributed by atoms with van der Waals surface area (Å²) in [7, 11) is 0. The van der Waals surface area contributed by atoms with Crippen LogP contribution in [0.4, 0.5) is 0 Å². The second-order valence-electron chi connectivity index (χ2n) is 4.88. The topological polar surface area (TPSA) is 61.8 Å². The van der Waals surface area contributed by atoms with E-state index in [1.807, 2.05) is 6.92 Å². The van der Waals surface area contributed by atoms with Gasteiger partial charge in [-0.1, -0.05) is 0 Å². The van der Waals surface area contributed by atoms with E-state index in [4.69, 9.17) is 9.84 Å². The molecule has 1 aliphatic rings. The quantitative estimate of drug-likeness (QED) is 0.599. The predicted octanol–water partition coefficient (Wildman–Crippen LogP) is 0.799. The highest BCUT2D eigenvalue weighted by molar-refractivity contribution is 5.68. The van der Waals surface area contributed by atoms with Gasteiger partial charge in [0.1, 0.15) is 0 Å². The second-order valence-corrected chi connectivity index (χ2v) is 4.88. The zero-order valence-corrected chi connectivity index (χ0v) is 11.4. The maximum atomic E-state index is 10.4. The number of nitrogens with one attached hydrogen (secondary N) is 1. The van der Waals surface area contributed by atoms with E-state index in [1.54, 1.807) is 0 Å². The molecule has 0 aromatic rings. The molecule has 0 bridgehead atoms. The SMILES string of the molecule is CCOCCCN1CCCC(CNCC(=O)O)C1. The van der Waals surface area contributed by atoms with E-state index < -0.39 is 5.97 Å². The predicted molar refractivity (Wildman–Crippen MR) is 70.8 cm³/mol. The molecule has 106 valence electrons. The summed E-state index contributed by atoms with van der Waals surface area (Å²) in [5.74, 6) is -0.190. The molecular weight excluding hydrogens is 232 g/mol. The molecule has 0 amide bonds. The van der Waals surface area contributed by atoms with Gasteiger partial charge in [-0.25, -0.2) is 0 Å². The Bertz CT molecular complexity index is 236. The van der Waals surface area contributed by atoms with Crippen LogP contribution in [0.5, 0.6) is 0 Å². The largest absolute Gasteiger partial charge is 0.480 e. The lowest BCUT2D eigenvalue weighted by Gasteiger charge is -2.32. The number of aliphatic carboxylic acids is 1. The molecule has 0 aromatic carbocycles. The van der Waals surface area contributed by atoms with E-state index in [-0.39, 0.29) is 6.54 Å². The number of rotatable bonds is 9. The van der Waals surface area contributed by atoms with E-state index in [2.05, 4.69) is 10.2 Å². The van der Waals surface area contributed by atoms with Crippen molar-refractivity contribution >= 4 is 5.97 Å². The third-order valence-electron chi connectivity index (χ3n) is 3.28. The molecule has 1 rings (SSSR count). The molecule has 1 fully saturated rings. The second kappa shape index (κ2) is 9.30. The lowest BCUT2D eigenvalue weighted by molar-refractivity contribution is -0.136. The normalized spacial score (nSPS) is 21.1. The molecule has 0 aliphatic carbocycles.